The zero-order valence-corrected chi connectivity index (χ0v) is 16.0. The Morgan fingerprint density at radius 3 is 2.38 bits per heavy atom. The van der Waals surface area contributed by atoms with E-state index < -0.39 is 53.9 Å². The number of rotatable bonds is 5. The van der Waals surface area contributed by atoms with Gasteiger partial charge in [-0.3, -0.25) is 19.7 Å². The monoisotopic (exact) mass is 411 g/mol. The van der Waals surface area contributed by atoms with Gasteiger partial charge >= 0.3 is 11.9 Å². The van der Waals surface area contributed by atoms with Crippen molar-refractivity contribution in [1.29, 1.82) is 0 Å². The number of methoxy groups -OCH3 is 1. The van der Waals surface area contributed by atoms with Gasteiger partial charge in [0.1, 0.15) is 12.2 Å². The quantitative estimate of drug-likeness (QED) is 0.396. The van der Waals surface area contributed by atoms with E-state index >= 15 is 0 Å². The maximum atomic E-state index is 11.7. The summed E-state index contributed by atoms with van der Waals surface area (Å²) in [5.41, 5.74) is 0.0263. The summed E-state index contributed by atoms with van der Waals surface area (Å²) in [6.45, 7) is 2.40. The standard InChI is InChI=1S/C18H21NO10/c1-9(20)26-15-14-13(28-18(24-3)16(15)27-10(2)21)8-25-17(29-14)11-6-4-5-7-12(11)19(22)23/h4-7,13-18H,8H2,1-3H3/t13-,14-,15+,16+,17?,18?/m1/s1. The SMILES string of the molecule is COC1O[C@@H]2COC(c3ccccc3[N+](=O)[O-])O[C@H]2[C@H](OC(C)=O)[C@@H]1OC(C)=O. The lowest BCUT2D eigenvalue weighted by Gasteiger charge is -2.47. The molecule has 0 saturated carbocycles. The molecule has 0 spiro atoms. The maximum absolute atomic E-state index is 11.7. The first-order valence-corrected chi connectivity index (χ1v) is 8.85. The van der Waals surface area contributed by atoms with Gasteiger partial charge in [-0.05, 0) is 6.07 Å². The van der Waals surface area contributed by atoms with Crippen molar-refractivity contribution in [3.63, 3.8) is 0 Å². The fourth-order valence-electron chi connectivity index (χ4n) is 3.39. The number of carbonyl (C=O) groups is 2. The Labute approximate surface area is 165 Å². The van der Waals surface area contributed by atoms with Gasteiger partial charge < -0.3 is 28.4 Å². The van der Waals surface area contributed by atoms with Crippen LogP contribution in [0, 0.1) is 10.1 Å². The lowest BCUT2D eigenvalue weighted by Crippen LogP contribution is -2.64. The molecular formula is C18H21NO10. The molecule has 158 valence electrons. The van der Waals surface area contributed by atoms with E-state index in [0.29, 0.717) is 0 Å². The van der Waals surface area contributed by atoms with E-state index in [9.17, 15) is 19.7 Å². The molecule has 0 N–H and O–H groups in total. The van der Waals surface area contributed by atoms with E-state index in [2.05, 4.69) is 0 Å². The molecule has 2 saturated heterocycles. The van der Waals surface area contributed by atoms with Gasteiger partial charge in [0.15, 0.2) is 24.8 Å². The molecule has 0 aromatic heterocycles. The second kappa shape index (κ2) is 8.82. The number of para-hydroxylation sites is 1. The Bertz CT molecular complexity index is 784. The van der Waals surface area contributed by atoms with E-state index in [1.807, 2.05) is 0 Å². The van der Waals surface area contributed by atoms with Crippen molar-refractivity contribution < 1.29 is 42.9 Å². The number of esters is 2. The first kappa shape index (κ1) is 21.1. The molecule has 0 amide bonds. The zero-order chi connectivity index (χ0) is 21.1. The van der Waals surface area contributed by atoms with Gasteiger partial charge in [0.2, 0.25) is 0 Å². The highest BCUT2D eigenvalue weighted by Gasteiger charge is 2.54. The molecule has 2 unspecified atom stereocenters. The lowest BCUT2D eigenvalue weighted by molar-refractivity contribution is -0.391. The molecule has 6 atom stereocenters. The fourth-order valence-corrected chi connectivity index (χ4v) is 3.39. The summed E-state index contributed by atoms with van der Waals surface area (Å²) in [6.07, 6.45) is -5.89. The second-order valence-corrected chi connectivity index (χ2v) is 6.51. The smallest absolute Gasteiger partial charge is 0.303 e. The van der Waals surface area contributed by atoms with Gasteiger partial charge in [-0.2, -0.15) is 0 Å². The minimum Gasteiger partial charge on any atom is -0.455 e. The summed E-state index contributed by atoms with van der Waals surface area (Å²) in [7, 11) is 1.35. The van der Waals surface area contributed by atoms with Crippen molar-refractivity contribution in [2.24, 2.45) is 0 Å². The number of benzene rings is 1. The third-order valence-corrected chi connectivity index (χ3v) is 4.51. The van der Waals surface area contributed by atoms with E-state index in [-0.39, 0.29) is 17.9 Å². The van der Waals surface area contributed by atoms with Crippen molar-refractivity contribution in [1.82, 2.24) is 0 Å². The normalized spacial score (nSPS) is 31.4. The lowest BCUT2D eigenvalue weighted by atomic mass is 9.97. The number of nitrogens with zero attached hydrogens (tertiary/aromatic N) is 1. The maximum Gasteiger partial charge on any atom is 0.303 e. The predicted octanol–water partition coefficient (Wildman–Crippen LogP) is 1.24. The molecule has 11 nitrogen and oxygen atoms in total. The van der Waals surface area contributed by atoms with Crippen LogP contribution in [0.1, 0.15) is 25.7 Å². The molecule has 2 aliphatic heterocycles. The van der Waals surface area contributed by atoms with Crippen LogP contribution >= 0.6 is 0 Å². The van der Waals surface area contributed by atoms with E-state index in [1.165, 1.54) is 39.2 Å². The molecule has 11 heteroatoms. The first-order valence-electron chi connectivity index (χ1n) is 8.85. The van der Waals surface area contributed by atoms with Gasteiger partial charge in [-0.1, -0.05) is 12.1 Å². The van der Waals surface area contributed by atoms with Gasteiger partial charge in [-0.25, -0.2) is 0 Å². The van der Waals surface area contributed by atoms with E-state index in [1.54, 1.807) is 6.07 Å². The Hall–Kier alpha value is -2.60. The average molecular weight is 411 g/mol. The van der Waals surface area contributed by atoms with Gasteiger partial charge in [0.05, 0.1) is 17.1 Å². The van der Waals surface area contributed by atoms with Crippen LogP contribution < -0.4 is 0 Å². The van der Waals surface area contributed by atoms with Crippen LogP contribution in [0.4, 0.5) is 5.69 Å². The number of ether oxygens (including phenoxy) is 6. The second-order valence-electron chi connectivity index (χ2n) is 6.51. The summed E-state index contributed by atoms with van der Waals surface area (Å²) in [4.78, 5) is 34.0. The van der Waals surface area contributed by atoms with Gasteiger partial charge in [0, 0.05) is 27.0 Å². The molecule has 0 radical (unpaired) electrons. The van der Waals surface area contributed by atoms with Gasteiger partial charge in [0.25, 0.3) is 5.69 Å². The van der Waals surface area contributed by atoms with E-state index in [0.717, 1.165) is 0 Å². The number of fused-ring (bicyclic) bond motifs is 1. The minimum absolute atomic E-state index is 0.00814. The molecule has 2 fully saturated rings. The molecule has 29 heavy (non-hydrogen) atoms. The summed E-state index contributed by atoms with van der Waals surface area (Å²) in [5.74, 6) is -1.25. The van der Waals surface area contributed by atoms with Crippen LogP contribution in [0.2, 0.25) is 0 Å². The highest BCUT2D eigenvalue weighted by Crippen LogP contribution is 2.38. The summed E-state index contributed by atoms with van der Waals surface area (Å²) >= 11 is 0. The summed E-state index contributed by atoms with van der Waals surface area (Å²) < 4.78 is 33.2. The van der Waals surface area contributed by atoms with Crippen molar-refractivity contribution in [2.45, 2.75) is 50.8 Å². The first-order chi connectivity index (χ1) is 13.8. The molecule has 2 aliphatic rings. The molecule has 3 rings (SSSR count). The van der Waals surface area contributed by atoms with Crippen LogP contribution in [0.25, 0.3) is 0 Å². The third kappa shape index (κ3) is 4.53. The number of hydrogen-bond donors (Lipinski definition) is 0. The summed E-state index contributed by atoms with van der Waals surface area (Å²) in [6, 6.07) is 5.98. The van der Waals surface area contributed by atoms with Crippen molar-refractivity contribution in [2.75, 3.05) is 13.7 Å². The molecule has 1 aromatic carbocycles. The Morgan fingerprint density at radius 2 is 1.76 bits per heavy atom. The van der Waals surface area contributed by atoms with Crippen molar-refractivity contribution in [3.05, 3.63) is 39.9 Å². The topological polar surface area (TPSA) is 133 Å². The fraction of sp³-hybridized carbons (Fsp3) is 0.556. The largest absolute Gasteiger partial charge is 0.455 e. The number of hydrogen-bond acceptors (Lipinski definition) is 10. The molecule has 2 heterocycles. The molecule has 0 aliphatic carbocycles. The Balaban J connectivity index is 1.91. The van der Waals surface area contributed by atoms with Gasteiger partial charge in [-0.15, -0.1) is 0 Å². The van der Waals surface area contributed by atoms with Crippen LogP contribution in [0.15, 0.2) is 24.3 Å². The number of nitro benzene ring substituents is 1. The molecule has 0 bridgehead atoms. The third-order valence-electron chi connectivity index (χ3n) is 4.51. The molecular weight excluding hydrogens is 390 g/mol. The van der Waals surface area contributed by atoms with Crippen LogP contribution in [-0.2, 0) is 38.0 Å². The van der Waals surface area contributed by atoms with Crippen LogP contribution in [0.3, 0.4) is 0 Å². The Morgan fingerprint density at radius 1 is 1.10 bits per heavy atom. The summed E-state index contributed by atoms with van der Waals surface area (Å²) in [5, 5.41) is 11.3. The van der Waals surface area contributed by atoms with Crippen molar-refractivity contribution in [3.8, 4) is 0 Å². The average Bonchev–Trinajstić information content (AvgIpc) is 2.68. The zero-order valence-electron chi connectivity index (χ0n) is 16.0. The van der Waals surface area contributed by atoms with Crippen LogP contribution in [-0.4, -0.2) is 61.3 Å². The number of carbonyl (C=O) groups excluding carboxylic acids is 2. The highest BCUT2D eigenvalue weighted by molar-refractivity contribution is 5.67. The minimum atomic E-state index is -1.10. The van der Waals surface area contributed by atoms with Crippen LogP contribution in [0.5, 0.6) is 0 Å². The van der Waals surface area contributed by atoms with E-state index in [4.69, 9.17) is 28.4 Å². The Kier molecular flexibility index (Phi) is 6.42. The predicted molar refractivity (Wildman–Crippen MR) is 93.4 cm³/mol. The number of nitro groups is 1. The van der Waals surface area contributed by atoms with Crippen molar-refractivity contribution >= 4 is 17.6 Å². The highest BCUT2D eigenvalue weighted by atomic mass is 16.8. The molecule has 1 aromatic rings.